The van der Waals surface area contributed by atoms with E-state index in [1.54, 1.807) is 0 Å². The number of hydrogen-bond donors (Lipinski definition) is 0. The quantitative estimate of drug-likeness (QED) is 0.0261. The van der Waals surface area contributed by atoms with Crippen LogP contribution in [0.4, 0.5) is 0 Å². The molecule has 442 valence electrons. The maximum atomic E-state index is 12.9. The average Bonchev–Trinajstić information content (AvgIpc) is 3.44. The summed E-state index contributed by atoms with van der Waals surface area (Å²) in [6.07, 6.45) is 91.6. The lowest BCUT2D eigenvalue weighted by molar-refractivity contribution is -0.167. The summed E-state index contributed by atoms with van der Waals surface area (Å²) in [7, 11) is 0. The van der Waals surface area contributed by atoms with Crippen LogP contribution in [-0.4, -0.2) is 37.2 Å². The van der Waals surface area contributed by atoms with Crippen LogP contribution in [0.5, 0.6) is 0 Å². The molecule has 6 heteroatoms. The van der Waals surface area contributed by atoms with Gasteiger partial charge in [-0.3, -0.25) is 14.4 Å². The Hall–Kier alpha value is -4.45. The molecule has 0 N–H and O–H groups in total. The Morgan fingerprint density at radius 1 is 0.269 bits per heavy atom. The van der Waals surface area contributed by atoms with Gasteiger partial charge in [-0.25, -0.2) is 0 Å². The second-order valence-electron chi connectivity index (χ2n) is 20.9. The van der Waals surface area contributed by atoms with Gasteiger partial charge in [0.15, 0.2) is 6.10 Å². The van der Waals surface area contributed by atoms with Gasteiger partial charge in [-0.05, 0) is 135 Å². The highest BCUT2D eigenvalue weighted by Crippen LogP contribution is 2.15. The largest absolute Gasteiger partial charge is 0.462 e. The van der Waals surface area contributed by atoms with Crippen molar-refractivity contribution in [2.45, 2.75) is 290 Å². The molecule has 0 aromatic carbocycles. The van der Waals surface area contributed by atoms with Gasteiger partial charge in [-0.2, -0.15) is 0 Å². The lowest BCUT2D eigenvalue weighted by atomic mass is 10.1. The van der Waals surface area contributed by atoms with Crippen molar-refractivity contribution in [1.82, 2.24) is 0 Å². The fourth-order valence-electron chi connectivity index (χ4n) is 8.53. The Kier molecular flexibility index (Phi) is 61.4. The Bertz CT molecular complexity index is 1670. The van der Waals surface area contributed by atoms with Crippen LogP contribution in [0.1, 0.15) is 284 Å². The minimum atomic E-state index is -0.801. The number of carbonyl (C=O) groups excluding carboxylic acids is 3. The van der Waals surface area contributed by atoms with Crippen molar-refractivity contribution in [3.8, 4) is 0 Å². The summed E-state index contributed by atoms with van der Waals surface area (Å²) in [6.45, 7) is 6.44. The van der Waals surface area contributed by atoms with Crippen molar-refractivity contribution in [1.29, 1.82) is 0 Å². The summed E-state index contributed by atoms with van der Waals surface area (Å²) in [5.74, 6) is -0.931. The van der Waals surface area contributed by atoms with Crippen molar-refractivity contribution < 1.29 is 28.6 Å². The molecule has 0 radical (unpaired) electrons. The predicted molar refractivity (Wildman–Crippen MR) is 339 cm³/mol. The van der Waals surface area contributed by atoms with Gasteiger partial charge >= 0.3 is 17.9 Å². The molecule has 0 spiro atoms. The third kappa shape index (κ3) is 62.4. The summed E-state index contributed by atoms with van der Waals surface area (Å²) in [6, 6.07) is 0. The molecule has 0 rings (SSSR count). The monoisotopic (exact) mass is 1080 g/mol. The molecule has 0 heterocycles. The molecule has 6 nitrogen and oxygen atoms in total. The normalized spacial score (nSPS) is 13.0. The molecule has 0 aliphatic carbocycles. The van der Waals surface area contributed by atoms with E-state index in [-0.39, 0.29) is 31.1 Å². The molecule has 0 saturated heterocycles. The van der Waals surface area contributed by atoms with Gasteiger partial charge in [0.1, 0.15) is 13.2 Å². The first-order valence-electron chi connectivity index (χ1n) is 32.2. The van der Waals surface area contributed by atoms with Crippen LogP contribution >= 0.6 is 0 Å². The van der Waals surface area contributed by atoms with Gasteiger partial charge in [-0.1, -0.05) is 264 Å². The number of allylic oxidation sites excluding steroid dienone is 22. The Morgan fingerprint density at radius 2 is 0.513 bits per heavy atom. The lowest BCUT2D eigenvalue weighted by Crippen LogP contribution is -2.30. The molecular formula is C72H118O6. The van der Waals surface area contributed by atoms with Crippen LogP contribution < -0.4 is 0 Å². The molecule has 0 bridgehead atoms. The second-order valence-corrected chi connectivity index (χ2v) is 20.9. The first-order chi connectivity index (χ1) is 38.5. The Balaban J connectivity index is 4.42. The van der Waals surface area contributed by atoms with E-state index in [0.717, 1.165) is 154 Å². The van der Waals surface area contributed by atoms with Gasteiger partial charge in [0.05, 0.1) is 0 Å². The van der Waals surface area contributed by atoms with Gasteiger partial charge in [0.25, 0.3) is 0 Å². The minimum absolute atomic E-state index is 0.0966. The number of hydrogen-bond acceptors (Lipinski definition) is 6. The van der Waals surface area contributed by atoms with Crippen molar-refractivity contribution in [3.05, 3.63) is 134 Å². The van der Waals surface area contributed by atoms with E-state index in [0.29, 0.717) is 19.3 Å². The van der Waals surface area contributed by atoms with E-state index in [1.165, 1.54) is 89.9 Å². The van der Waals surface area contributed by atoms with Crippen LogP contribution in [0.2, 0.25) is 0 Å². The summed E-state index contributed by atoms with van der Waals surface area (Å²) in [4.78, 5) is 38.3. The van der Waals surface area contributed by atoms with Crippen LogP contribution in [0, 0.1) is 0 Å². The van der Waals surface area contributed by atoms with E-state index in [2.05, 4.69) is 154 Å². The molecule has 0 aromatic heterocycles. The fourth-order valence-corrected chi connectivity index (χ4v) is 8.53. The maximum Gasteiger partial charge on any atom is 0.306 e. The van der Waals surface area contributed by atoms with Crippen molar-refractivity contribution >= 4 is 17.9 Å². The smallest absolute Gasteiger partial charge is 0.306 e. The Morgan fingerprint density at radius 3 is 0.821 bits per heavy atom. The number of unbranched alkanes of at least 4 members (excludes halogenated alkanes) is 24. The zero-order valence-corrected chi connectivity index (χ0v) is 50.6. The van der Waals surface area contributed by atoms with Gasteiger partial charge in [0, 0.05) is 19.3 Å². The summed E-state index contributed by atoms with van der Waals surface area (Å²) in [5, 5.41) is 0. The molecule has 1 unspecified atom stereocenters. The third-order valence-corrected chi connectivity index (χ3v) is 13.4. The zero-order valence-electron chi connectivity index (χ0n) is 50.6. The molecule has 0 aromatic rings. The molecule has 0 fully saturated rings. The standard InChI is InChI=1S/C72H118O6/c1-4-7-10-13-16-19-22-25-28-30-32-33-34-35-36-37-38-39-41-42-44-47-50-53-56-59-62-65-71(74)77-68-69(67-76-70(73)64-61-58-55-52-49-46-27-24-21-18-15-12-9-6-3)78-72(75)66-63-60-57-54-51-48-45-43-40-31-29-26-23-20-17-14-11-8-5-2/h7,10,15-20,24-29,32-33,35-36,38-39,42,44,69H,4-6,8-9,11-14,21-23,30-31,34,37,40-41,43,45-68H2,1-3H3/b10-7-,18-15-,19-16-,20-17-,27-24-,28-25-,29-26-,33-32-,36-35-,39-38-,44-42-. The van der Waals surface area contributed by atoms with E-state index < -0.39 is 6.10 Å². The summed E-state index contributed by atoms with van der Waals surface area (Å²) in [5.41, 5.74) is 0. The molecule has 78 heavy (non-hydrogen) atoms. The van der Waals surface area contributed by atoms with Crippen molar-refractivity contribution in [3.63, 3.8) is 0 Å². The van der Waals surface area contributed by atoms with E-state index in [1.807, 2.05) is 0 Å². The number of rotatable bonds is 57. The minimum Gasteiger partial charge on any atom is -0.462 e. The highest BCUT2D eigenvalue weighted by atomic mass is 16.6. The van der Waals surface area contributed by atoms with Gasteiger partial charge in [-0.15, -0.1) is 0 Å². The van der Waals surface area contributed by atoms with Gasteiger partial charge in [0.2, 0.25) is 0 Å². The highest BCUT2D eigenvalue weighted by molar-refractivity contribution is 5.71. The van der Waals surface area contributed by atoms with Crippen LogP contribution in [-0.2, 0) is 28.6 Å². The summed E-state index contributed by atoms with van der Waals surface area (Å²) >= 11 is 0. The first-order valence-corrected chi connectivity index (χ1v) is 32.2. The SMILES string of the molecule is CC/C=C\C/C=C\C/C=C\C/C=C\C/C=C\C/C=C\C/C=C\CCCCCCCC(=O)OCC(COC(=O)CCCCCCC/C=C\C/C=C\CCCC)OC(=O)CCCCCCCCCCC/C=C\C/C=C\CCCCC. The second kappa shape index (κ2) is 65.1. The van der Waals surface area contributed by atoms with E-state index in [9.17, 15) is 14.4 Å². The fraction of sp³-hybridized carbons (Fsp3) is 0.653. The molecule has 1 atom stereocenters. The maximum absolute atomic E-state index is 12.9. The van der Waals surface area contributed by atoms with Crippen molar-refractivity contribution in [2.24, 2.45) is 0 Å². The molecule has 0 amide bonds. The van der Waals surface area contributed by atoms with Crippen LogP contribution in [0.25, 0.3) is 0 Å². The van der Waals surface area contributed by atoms with Crippen LogP contribution in [0.3, 0.4) is 0 Å². The Labute approximate surface area is 481 Å². The lowest BCUT2D eigenvalue weighted by Gasteiger charge is -2.18. The van der Waals surface area contributed by atoms with E-state index >= 15 is 0 Å². The summed E-state index contributed by atoms with van der Waals surface area (Å²) < 4.78 is 16.9. The van der Waals surface area contributed by atoms with Crippen molar-refractivity contribution in [2.75, 3.05) is 13.2 Å². The zero-order chi connectivity index (χ0) is 56.4. The highest BCUT2D eigenvalue weighted by Gasteiger charge is 2.19. The topological polar surface area (TPSA) is 78.9 Å². The molecule has 0 saturated carbocycles. The molecular weight excluding hydrogens is 961 g/mol. The van der Waals surface area contributed by atoms with Gasteiger partial charge < -0.3 is 14.2 Å². The number of esters is 3. The number of ether oxygens (including phenoxy) is 3. The third-order valence-electron chi connectivity index (χ3n) is 13.4. The molecule has 0 aliphatic heterocycles. The molecule has 0 aliphatic rings. The predicted octanol–water partition coefficient (Wildman–Crippen LogP) is 22.2. The van der Waals surface area contributed by atoms with Crippen LogP contribution in [0.15, 0.2) is 134 Å². The first kappa shape index (κ1) is 73.5. The van der Waals surface area contributed by atoms with E-state index in [4.69, 9.17) is 14.2 Å². The average molecular weight is 1080 g/mol. The number of carbonyl (C=O) groups is 3.